The minimum atomic E-state index is -0.303. The average molecular weight is 331 g/mol. The standard InChI is InChI=1S/C17H21N3O4/c1-2-23-17(22)20-7-3-6-19(8-9-20)16(21)11-13-4-5-14-15(10-13)24-12-18-14/h4-5,10,12H,2-3,6-9,11H2,1H3. The first-order valence-electron chi connectivity index (χ1n) is 8.19. The number of amides is 2. The minimum Gasteiger partial charge on any atom is -0.450 e. The summed E-state index contributed by atoms with van der Waals surface area (Å²) in [6.07, 6.45) is 2.17. The normalized spacial score (nSPS) is 15.4. The van der Waals surface area contributed by atoms with Crippen molar-refractivity contribution in [1.82, 2.24) is 14.8 Å². The van der Waals surface area contributed by atoms with Crippen LogP contribution in [0, 0.1) is 0 Å². The zero-order chi connectivity index (χ0) is 16.9. The Labute approximate surface area is 140 Å². The highest BCUT2D eigenvalue weighted by molar-refractivity contribution is 5.81. The third kappa shape index (κ3) is 3.67. The van der Waals surface area contributed by atoms with E-state index in [0.717, 1.165) is 17.5 Å². The van der Waals surface area contributed by atoms with Crippen molar-refractivity contribution < 1.29 is 18.7 Å². The smallest absolute Gasteiger partial charge is 0.409 e. The monoisotopic (exact) mass is 331 g/mol. The number of carbonyl (C=O) groups is 2. The van der Waals surface area contributed by atoms with E-state index in [4.69, 9.17) is 9.15 Å². The number of carbonyl (C=O) groups excluding carboxylic acids is 2. The van der Waals surface area contributed by atoms with Crippen molar-refractivity contribution in [3.05, 3.63) is 30.2 Å². The number of hydrogen-bond donors (Lipinski definition) is 0. The number of hydrogen-bond acceptors (Lipinski definition) is 5. The molecule has 1 aromatic carbocycles. The maximum atomic E-state index is 12.5. The fraction of sp³-hybridized carbons (Fsp3) is 0.471. The van der Waals surface area contributed by atoms with Gasteiger partial charge in [-0.3, -0.25) is 4.79 Å². The number of oxazole rings is 1. The number of ether oxygens (including phenoxy) is 1. The van der Waals surface area contributed by atoms with E-state index < -0.39 is 0 Å². The van der Waals surface area contributed by atoms with Gasteiger partial charge in [0.1, 0.15) is 5.52 Å². The van der Waals surface area contributed by atoms with E-state index in [1.807, 2.05) is 23.1 Å². The quantitative estimate of drug-likeness (QED) is 0.860. The summed E-state index contributed by atoms with van der Waals surface area (Å²) in [5.41, 5.74) is 2.37. The van der Waals surface area contributed by atoms with Crippen LogP contribution in [0.15, 0.2) is 29.0 Å². The van der Waals surface area contributed by atoms with Crippen LogP contribution in [0.4, 0.5) is 4.79 Å². The van der Waals surface area contributed by atoms with Crippen molar-refractivity contribution in [2.45, 2.75) is 19.8 Å². The summed E-state index contributed by atoms with van der Waals surface area (Å²) in [6, 6.07) is 5.60. The first kappa shape index (κ1) is 16.3. The predicted molar refractivity (Wildman–Crippen MR) is 87.5 cm³/mol. The van der Waals surface area contributed by atoms with Gasteiger partial charge in [0.2, 0.25) is 5.91 Å². The molecular weight excluding hydrogens is 310 g/mol. The molecule has 0 saturated carbocycles. The van der Waals surface area contributed by atoms with E-state index in [9.17, 15) is 9.59 Å². The first-order valence-corrected chi connectivity index (χ1v) is 8.19. The van der Waals surface area contributed by atoms with E-state index in [2.05, 4.69) is 4.98 Å². The highest BCUT2D eigenvalue weighted by Gasteiger charge is 2.22. The van der Waals surface area contributed by atoms with Gasteiger partial charge >= 0.3 is 6.09 Å². The Morgan fingerprint density at radius 1 is 1.21 bits per heavy atom. The number of rotatable bonds is 3. The molecule has 2 amide bonds. The Morgan fingerprint density at radius 2 is 2.00 bits per heavy atom. The minimum absolute atomic E-state index is 0.0552. The number of benzene rings is 1. The highest BCUT2D eigenvalue weighted by atomic mass is 16.6. The highest BCUT2D eigenvalue weighted by Crippen LogP contribution is 2.16. The van der Waals surface area contributed by atoms with Crippen molar-refractivity contribution >= 4 is 23.1 Å². The van der Waals surface area contributed by atoms with E-state index in [1.165, 1.54) is 6.39 Å². The summed E-state index contributed by atoms with van der Waals surface area (Å²) in [6.45, 7) is 4.46. The average Bonchev–Trinajstić information content (AvgIpc) is 2.89. The van der Waals surface area contributed by atoms with Crippen molar-refractivity contribution in [2.75, 3.05) is 32.8 Å². The van der Waals surface area contributed by atoms with Gasteiger partial charge in [-0.15, -0.1) is 0 Å². The molecule has 7 heteroatoms. The molecule has 0 radical (unpaired) electrons. The Morgan fingerprint density at radius 3 is 2.83 bits per heavy atom. The summed E-state index contributed by atoms with van der Waals surface area (Å²) < 4.78 is 10.3. The molecule has 2 aromatic rings. The van der Waals surface area contributed by atoms with E-state index in [0.29, 0.717) is 44.8 Å². The van der Waals surface area contributed by atoms with Gasteiger partial charge in [-0.2, -0.15) is 0 Å². The van der Waals surface area contributed by atoms with Crippen LogP contribution in [0.25, 0.3) is 11.1 Å². The lowest BCUT2D eigenvalue weighted by atomic mass is 10.1. The van der Waals surface area contributed by atoms with E-state index in [1.54, 1.807) is 11.8 Å². The Balaban J connectivity index is 1.59. The molecule has 0 aliphatic carbocycles. The molecule has 0 atom stereocenters. The summed E-state index contributed by atoms with van der Waals surface area (Å²) >= 11 is 0. The molecule has 0 N–H and O–H groups in total. The van der Waals surface area contributed by atoms with E-state index in [-0.39, 0.29) is 12.0 Å². The maximum absolute atomic E-state index is 12.5. The van der Waals surface area contributed by atoms with Gasteiger partial charge in [-0.1, -0.05) is 6.07 Å². The van der Waals surface area contributed by atoms with Gasteiger partial charge in [0.15, 0.2) is 12.0 Å². The van der Waals surface area contributed by atoms with Gasteiger partial charge in [0, 0.05) is 26.2 Å². The summed E-state index contributed by atoms with van der Waals surface area (Å²) in [5, 5.41) is 0. The fourth-order valence-corrected chi connectivity index (χ4v) is 2.86. The van der Waals surface area contributed by atoms with Gasteiger partial charge in [0.05, 0.1) is 13.0 Å². The van der Waals surface area contributed by atoms with Crippen molar-refractivity contribution in [1.29, 1.82) is 0 Å². The SMILES string of the molecule is CCOC(=O)N1CCCN(C(=O)Cc2ccc3ncoc3c2)CC1. The van der Waals surface area contributed by atoms with E-state index >= 15 is 0 Å². The molecule has 3 rings (SSSR count). The lowest BCUT2D eigenvalue weighted by Gasteiger charge is -2.21. The fourth-order valence-electron chi connectivity index (χ4n) is 2.86. The first-order chi connectivity index (χ1) is 11.7. The lowest BCUT2D eigenvalue weighted by Crippen LogP contribution is -2.38. The molecular formula is C17H21N3O4. The van der Waals surface area contributed by atoms with Crippen LogP contribution in [0.2, 0.25) is 0 Å². The van der Waals surface area contributed by atoms with Gasteiger partial charge in [0.25, 0.3) is 0 Å². The third-order valence-electron chi connectivity index (χ3n) is 4.13. The molecule has 1 aromatic heterocycles. The molecule has 0 spiro atoms. The molecule has 1 aliphatic rings. The molecule has 24 heavy (non-hydrogen) atoms. The largest absolute Gasteiger partial charge is 0.450 e. The second kappa shape index (κ2) is 7.33. The molecule has 2 heterocycles. The van der Waals surface area contributed by atoms with Crippen molar-refractivity contribution in [3.8, 4) is 0 Å². The molecule has 0 bridgehead atoms. The number of aromatic nitrogens is 1. The van der Waals surface area contributed by atoms with Crippen LogP contribution in [0.3, 0.4) is 0 Å². The van der Waals surface area contributed by atoms with Crippen molar-refractivity contribution in [3.63, 3.8) is 0 Å². The summed E-state index contributed by atoms with van der Waals surface area (Å²) in [7, 11) is 0. The van der Waals surface area contributed by atoms with Gasteiger partial charge in [-0.05, 0) is 31.0 Å². The lowest BCUT2D eigenvalue weighted by molar-refractivity contribution is -0.130. The second-order valence-corrected chi connectivity index (χ2v) is 5.75. The van der Waals surface area contributed by atoms with Gasteiger partial charge < -0.3 is 19.0 Å². The summed E-state index contributed by atoms with van der Waals surface area (Å²) in [5.74, 6) is 0.0552. The van der Waals surface area contributed by atoms with Crippen LogP contribution in [-0.2, 0) is 16.0 Å². The number of nitrogens with zero attached hydrogens (tertiary/aromatic N) is 3. The molecule has 0 unspecified atom stereocenters. The zero-order valence-corrected chi connectivity index (χ0v) is 13.7. The Hall–Kier alpha value is -2.57. The van der Waals surface area contributed by atoms with Crippen LogP contribution in [0.5, 0.6) is 0 Å². The van der Waals surface area contributed by atoms with Crippen LogP contribution >= 0.6 is 0 Å². The maximum Gasteiger partial charge on any atom is 0.409 e. The zero-order valence-electron chi connectivity index (χ0n) is 13.7. The summed E-state index contributed by atoms with van der Waals surface area (Å²) in [4.78, 5) is 31.9. The molecule has 1 aliphatic heterocycles. The second-order valence-electron chi connectivity index (χ2n) is 5.75. The third-order valence-corrected chi connectivity index (χ3v) is 4.13. The number of fused-ring (bicyclic) bond motifs is 1. The van der Waals surface area contributed by atoms with Crippen LogP contribution in [-0.4, -0.2) is 59.6 Å². The van der Waals surface area contributed by atoms with Gasteiger partial charge in [-0.25, -0.2) is 9.78 Å². The molecule has 128 valence electrons. The Bertz CT molecular complexity index is 727. The Kier molecular flexibility index (Phi) is 4.98. The van der Waals surface area contributed by atoms with Crippen LogP contribution in [0.1, 0.15) is 18.9 Å². The predicted octanol–water partition coefficient (Wildman–Crippen LogP) is 2.06. The topological polar surface area (TPSA) is 75.9 Å². The molecule has 7 nitrogen and oxygen atoms in total. The molecule has 1 fully saturated rings. The van der Waals surface area contributed by atoms with Crippen molar-refractivity contribution in [2.24, 2.45) is 0 Å². The van der Waals surface area contributed by atoms with Crippen LogP contribution < -0.4 is 0 Å². The molecule has 1 saturated heterocycles.